The average Bonchev–Trinajstić information content (AvgIpc) is 3.15. The van der Waals surface area contributed by atoms with Crippen LogP contribution < -0.4 is 5.32 Å². The van der Waals surface area contributed by atoms with Gasteiger partial charge in [0.2, 0.25) is 0 Å². The van der Waals surface area contributed by atoms with Crippen molar-refractivity contribution in [3.05, 3.63) is 0 Å². The van der Waals surface area contributed by atoms with E-state index in [1.807, 2.05) is 0 Å². The van der Waals surface area contributed by atoms with Crippen LogP contribution in [0.15, 0.2) is 0 Å². The van der Waals surface area contributed by atoms with E-state index < -0.39 is 0 Å². The minimum Gasteiger partial charge on any atom is -0.314 e. The normalized spacial score (nSPS) is 31.4. The molecule has 2 rings (SSSR count). The first kappa shape index (κ1) is 13.4. The van der Waals surface area contributed by atoms with E-state index in [4.69, 9.17) is 0 Å². The Labute approximate surface area is 108 Å². The highest BCUT2D eigenvalue weighted by Gasteiger charge is 2.28. The van der Waals surface area contributed by atoms with Crippen LogP contribution in [-0.2, 0) is 0 Å². The minimum absolute atomic E-state index is 0.836. The van der Waals surface area contributed by atoms with Crippen molar-refractivity contribution in [2.24, 2.45) is 17.8 Å². The van der Waals surface area contributed by atoms with Gasteiger partial charge in [-0.05, 0) is 56.4 Å². The van der Waals surface area contributed by atoms with Crippen LogP contribution in [0.2, 0.25) is 0 Å². The van der Waals surface area contributed by atoms with E-state index >= 15 is 0 Å². The molecule has 1 N–H and O–H groups in total. The van der Waals surface area contributed by atoms with Crippen molar-refractivity contribution in [1.82, 2.24) is 5.32 Å². The molecule has 0 saturated heterocycles. The zero-order valence-electron chi connectivity index (χ0n) is 11.9. The summed E-state index contributed by atoms with van der Waals surface area (Å²) in [6, 6.07) is 0.836. The monoisotopic (exact) mass is 237 g/mol. The van der Waals surface area contributed by atoms with Crippen molar-refractivity contribution in [3.8, 4) is 0 Å². The average molecular weight is 237 g/mol. The van der Waals surface area contributed by atoms with Gasteiger partial charge in [-0.1, -0.05) is 39.5 Å². The Kier molecular flexibility index (Phi) is 5.34. The predicted octanol–water partition coefficient (Wildman–Crippen LogP) is 4.37. The molecule has 1 heteroatoms. The van der Waals surface area contributed by atoms with Crippen LogP contribution in [0, 0.1) is 17.8 Å². The van der Waals surface area contributed by atoms with Crippen molar-refractivity contribution >= 4 is 0 Å². The van der Waals surface area contributed by atoms with E-state index in [1.54, 1.807) is 0 Å². The predicted molar refractivity (Wildman–Crippen MR) is 75.2 cm³/mol. The van der Waals surface area contributed by atoms with Crippen LogP contribution in [0.1, 0.15) is 71.6 Å². The summed E-state index contributed by atoms with van der Waals surface area (Å²) < 4.78 is 0. The summed E-state index contributed by atoms with van der Waals surface area (Å²) in [6.07, 6.45) is 13.2. The second kappa shape index (κ2) is 6.78. The Balaban J connectivity index is 1.75. The highest BCUT2D eigenvalue weighted by atomic mass is 14.9. The Bertz CT molecular complexity index is 202. The fourth-order valence-corrected chi connectivity index (χ4v) is 3.34. The molecule has 100 valence electrons. The summed E-state index contributed by atoms with van der Waals surface area (Å²) >= 11 is 0. The van der Waals surface area contributed by atoms with Crippen molar-refractivity contribution in [2.75, 3.05) is 6.54 Å². The molecule has 2 fully saturated rings. The molecular weight excluding hydrogens is 206 g/mol. The van der Waals surface area contributed by atoms with Gasteiger partial charge in [0.25, 0.3) is 0 Å². The minimum atomic E-state index is 0.836. The second-order valence-corrected chi connectivity index (χ2v) is 6.60. The Morgan fingerprint density at radius 2 is 1.76 bits per heavy atom. The van der Waals surface area contributed by atoms with Gasteiger partial charge in [0, 0.05) is 6.04 Å². The second-order valence-electron chi connectivity index (χ2n) is 6.60. The largest absolute Gasteiger partial charge is 0.314 e. The summed E-state index contributed by atoms with van der Waals surface area (Å²) in [6.45, 7) is 5.93. The number of nitrogens with one attached hydrogen (secondary N) is 1. The summed E-state index contributed by atoms with van der Waals surface area (Å²) in [4.78, 5) is 0. The lowest BCUT2D eigenvalue weighted by molar-refractivity contribution is 0.219. The fourth-order valence-electron chi connectivity index (χ4n) is 3.34. The summed E-state index contributed by atoms with van der Waals surface area (Å²) in [5, 5.41) is 3.84. The number of rotatable bonds is 7. The van der Waals surface area contributed by atoms with Crippen molar-refractivity contribution in [3.63, 3.8) is 0 Å². The molecule has 0 aromatic rings. The molecule has 2 saturated carbocycles. The standard InChI is InChI=1S/C16H31N/c1-3-12-17-16(11-8-14-6-7-14)15-9-4-13(2)5-10-15/h13-17H,3-12H2,1-2H3. The molecule has 0 aromatic heterocycles. The van der Waals surface area contributed by atoms with Gasteiger partial charge in [-0.2, -0.15) is 0 Å². The van der Waals surface area contributed by atoms with Gasteiger partial charge in [-0.3, -0.25) is 0 Å². The summed E-state index contributed by atoms with van der Waals surface area (Å²) in [7, 11) is 0. The molecule has 2 aliphatic rings. The van der Waals surface area contributed by atoms with E-state index in [1.165, 1.54) is 64.3 Å². The lowest BCUT2D eigenvalue weighted by Gasteiger charge is -2.33. The molecule has 0 bridgehead atoms. The smallest absolute Gasteiger partial charge is 0.00954 e. The van der Waals surface area contributed by atoms with Crippen LogP contribution in [0.4, 0.5) is 0 Å². The van der Waals surface area contributed by atoms with Gasteiger partial charge in [0.05, 0.1) is 0 Å². The fraction of sp³-hybridized carbons (Fsp3) is 1.00. The van der Waals surface area contributed by atoms with Crippen LogP contribution >= 0.6 is 0 Å². The van der Waals surface area contributed by atoms with E-state index in [9.17, 15) is 0 Å². The van der Waals surface area contributed by atoms with E-state index in [0.29, 0.717) is 0 Å². The van der Waals surface area contributed by atoms with Crippen molar-refractivity contribution < 1.29 is 0 Å². The molecule has 17 heavy (non-hydrogen) atoms. The first-order chi connectivity index (χ1) is 8.29. The van der Waals surface area contributed by atoms with Crippen LogP contribution in [0.5, 0.6) is 0 Å². The summed E-state index contributed by atoms with van der Waals surface area (Å²) in [5.41, 5.74) is 0. The van der Waals surface area contributed by atoms with Crippen LogP contribution in [0.3, 0.4) is 0 Å². The third-order valence-electron chi connectivity index (χ3n) is 4.87. The van der Waals surface area contributed by atoms with Crippen molar-refractivity contribution in [2.45, 2.75) is 77.7 Å². The van der Waals surface area contributed by atoms with Gasteiger partial charge in [0.15, 0.2) is 0 Å². The van der Waals surface area contributed by atoms with Crippen LogP contribution in [-0.4, -0.2) is 12.6 Å². The molecule has 1 atom stereocenters. The molecule has 2 aliphatic carbocycles. The molecular formula is C16H31N. The van der Waals surface area contributed by atoms with E-state index in [-0.39, 0.29) is 0 Å². The Morgan fingerprint density at radius 3 is 2.35 bits per heavy atom. The van der Waals surface area contributed by atoms with Crippen molar-refractivity contribution in [1.29, 1.82) is 0 Å². The molecule has 1 unspecified atom stereocenters. The van der Waals surface area contributed by atoms with E-state index in [2.05, 4.69) is 19.2 Å². The highest BCUT2D eigenvalue weighted by Crippen LogP contribution is 2.37. The maximum atomic E-state index is 3.84. The lowest BCUT2D eigenvalue weighted by atomic mass is 9.78. The molecule has 0 amide bonds. The molecule has 0 aromatic carbocycles. The zero-order valence-corrected chi connectivity index (χ0v) is 11.9. The molecule has 0 radical (unpaired) electrons. The number of hydrogen-bond donors (Lipinski definition) is 1. The van der Waals surface area contributed by atoms with Crippen LogP contribution in [0.25, 0.3) is 0 Å². The molecule has 0 spiro atoms. The first-order valence-electron chi connectivity index (χ1n) is 8.03. The zero-order chi connectivity index (χ0) is 12.1. The topological polar surface area (TPSA) is 12.0 Å². The lowest BCUT2D eigenvalue weighted by Crippen LogP contribution is -2.38. The highest BCUT2D eigenvalue weighted by molar-refractivity contribution is 4.83. The maximum absolute atomic E-state index is 3.84. The molecule has 0 heterocycles. The van der Waals surface area contributed by atoms with Gasteiger partial charge in [-0.25, -0.2) is 0 Å². The third-order valence-corrected chi connectivity index (χ3v) is 4.87. The Morgan fingerprint density at radius 1 is 1.06 bits per heavy atom. The maximum Gasteiger partial charge on any atom is 0.00954 e. The SMILES string of the molecule is CCCNC(CCC1CC1)C1CCC(C)CC1. The Hall–Kier alpha value is -0.0400. The van der Waals surface area contributed by atoms with Gasteiger partial charge >= 0.3 is 0 Å². The third kappa shape index (κ3) is 4.62. The molecule has 1 nitrogen and oxygen atoms in total. The number of hydrogen-bond acceptors (Lipinski definition) is 1. The van der Waals surface area contributed by atoms with Gasteiger partial charge in [0.1, 0.15) is 0 Å². The van der Waals surface area contributed by atoms with E-state index in [0.717, 1.165) is 23.8 Å². The summed E-state index contributed by atoms with van der Waals surface area (Å²) in [5.74, 6) is 3.07. The molecule has 0 aliphatic heterocycles. The first-order valence-corrected chi connectivity index (χ1v) is 8.03. The van der Waals surface area contributed by atoms with Gasteiger partial charge in [-0.15, -0.1) is 0 Å². The quantitative estimate of drug-likeness (QED) is 0.693. The van der Waals surface area contributed by atoms with Gasteiger partial charge < -0.3 is 5.32 Å².